The molecule has 34 heavy (non-hydrogen) atoms. The van der Waals surface area contributed by atoms with Crippen LogP contribution < -0.4 is 9.64 Å². The van der Waals surface area contributed by atoms with E-state index in [1.807, 2.05) is 6.26 Å². The van der Waals surface area contributed by atoms with Gasteiger partial charge in [0, 0.05) is 12.1 Å². The van der Waals surface area contributed by atoms with Gasteiger partial charge in [-0.05, 0) is 59.6 Å². The van der Waals surface area contributed by atoms with Crippen molar-refractivity contribution in [3.63, 3.8) is 0 Å². The van der Waals surface area contributed by atoms with Crippen molar-refractivity contribution >= 4 is 64.3 Å². The molecular formula is C24H34BrClFN3O2SSi. The molecule has 0 amide bonds. The second-order valence-corrected chi connectivity index (χ2v) is 17.4. The summed E-state index contributed by atoms with van der Waals surface area (Å²) in [5.41, 5.74) is 0.246. The summed E-state index contributed by atoms with van der Waals surface area (Å²) in [4.78, 5) is 11.7. The molecule has 0 saturated heterocycles. The normalized spacial score (nSPS) is 21.9. The fourth-order valence-electron chi connectivity index (χ4n) is 4.62. The van der Waals surface area contributed by atoms with E-state index in [0.29, 0.717) is 35.3 Å². The van der Waals surface area contributed by atoms with Crippen LogP contribution in [0.2, 0.25) is 23.2 Å². The third kappa shape index (κ3) is 4.97. The first-order chi connectivity index (χ1) is 15.9. The molecule has 1 aromatic carbocycles. The van der Waals surface area contributed by atoms with Gasteiger partial charge >= 0.3 is 0 Å². The van der Waals surface area contributed by atoms with Crippen molar-refractivity contribution in [2.45, 2.75) is 88.3 Å². The topological polar surface area (TPSA) is 47.5 Å². The van der Waals surface area contributed by atoms with E-state index >= 15 is 4.39 Å². The fourth-order valence-corrected chi connectivity index (χ4v) is 6.98. The van der Waals surface area contributed by atoms with E-state index in [0.717, 1.165) is 32.1 Å². The Kier molecular flexibility index (Phi) is 7.81. The maximum Gasteiger partial charge on any atom is 0.192 e. The van der Waals surface area contributed by atoms with E-state index < -0.39 is 14.1 Å². The first kappa shape index (κ1) is 26.4. The Morgan fingerprint density at radius 3 is 2.62 bits per heavy atom. The second kappa shape index (κ2) is 10.0. The van der Waals surface area contributed by atoms with Crippen LogP contribution in [0, 0.1) is 5.82 Å². The van der Waals surface area contributed by atoms with Crippen molar-refractivity contribution < 1.29 is 13.6 Å². The summed E-state index contributed by atoms with van der Waals surface area (Å²) in [6, 6.07) is 0.227. The maximum absolute atomic E-state index is 15.3. The molecule has 2 aromatic rings. The van der Waals surface area contributed by atoms with Gasteiger partial charge in [-0.25, -0.2) is 14.4 Å². The number of ether oxygens (including phenoxy) is 1. The van der Waals surface area contributed by atoms with Gasteiger partial charge < -0.3 is 14.1 Å². The highest BCUT2D eigenvalue weighted by molar-refractivity contribution is 9.10. The average Bonchev–Trinajstić information content (AvgIpc) is 3.11. The Morgan fingerprint density at radius 2 is 1.94 bits per heavy atom. The molecule has 2 unspecified atom stereocenters. The molecule has 0 N–H and O–H groups in total. The van der Waals surface area contributed by atoms with Gasteiger partial charge in [-0.15, -0.1) is 0 Å². The highest BCUT2D eigenvalue weighted by atomic mass is 79.9. The molecular weight excluding hydrogens is 557 g/mol. The van der Waals surface area contributed by atoms with Crippen LogP contribution >= 0.6 is 39.3 Å². The minimum atomic E-state index is -1.89. The molecule has 1 aliphatic carbocycles. The zero-order valence-corrected chi connectivity index (χ0v) is 25.0. The number of hydrogen-bond donors (Lipinski definition) is 0. The number of rotatable bonds is 4. The van der Waals surface area contributed by atoms with Gasteiger partial charge in [-0.2, -0.15) is 0 Å². The molecule has 1 fully saturated rings. The van der Waals surface area contributed by atoms with Gasteiger partial charge in [-0.3, -0.25) is 0 Å². The third-order valence-electron chi connectivity index (χ3n) is 7.48. The smallest absolute Gasteiger partial charge is 0.192 e. The highest BCUT2D eigenvalue weighted by Gasteiger charge is 2.41. The number of halogens is 3. The van der Waals surface area contributed by atoms with Crippen LogP contribution in [0.5, 0.6) is 5.75 Å². The number of benzene rings is 1. The number of nitrogens with zero attached hydrogens (tertiary/aromatic N) is 3. The van der Waals surface area contributed by atoms with Gasteiger partial charge in [0.15, 0.2) is 25.0 Å². The lowest BCUT2D eigenvalue weighted by atomic mass is 10.0. The van der Waals surface area contributed by atoms with Gasteiger partial charge in [0.2, 0.25) is 0 Å². The van der Waals surface area contributed by atoms with Gasteiger partial charge in [-0.1, -0.05) is 57.0 Å². The second-order valence-electron chi connectivity index (χ2n) is 10.7. The Hall–Kier alpha value is -0.613. The molecule has 2 aliphatic rings. The van der Waals surface area contributed by atoms with Crippen molar-refractivity contribution in [3.8, 4) is 5.75 Å². The van der Waals surface area contributed by atoms with Crippen molar-refractivity contribution in [2.75, 3.05) is 24.3 Å². The molecule has 1 aromatic heterocycles. The van der Waals surface area contributed by atoms with Crippen LogP contribution in [0.25, 0.3) is 10.9 Å². The number of thioether (sulfide) groups is 1. The first-order valence-electron chi connectivity index (χ1n) is 11.9. The molecule has 4 rings (SSSR count). The van der Waals surface area contributed by atoms with E-state index in [-0.39, 0.29) is 32.2 Å². The molecule has 2 heterocycles. The van der Waals surface area contributed by atoms with E-state index in [9.17, 15) is 0 Å². The number of hydrogen-bond acceptors (Lipinski definition) is 6. The maximum atomic E-state index is 15.3. The lowest BCUT2D eigenvalue weighted by molar-refractivity contribution is 0.157. The summed E-state index contributed by atoms with van der Waals surface area (Å²) in [6.07, 6.45) is 7.44. The van der Waals surface area contributed by atoms with Gasteiger partial charge in [0.1, 0.15) is 23.0 Å². The van der Waals surface area contributed by atoms with Crippen LogP contribution in [0.4, 0.5) is 10.2 Å². The minimum absolute atomic E-state index is 0.165. The molecule has 0 radical (unpaired) electrons. The Labute approximate surface area is 220 Å². The molecule has 0 bridgehead atoms. The fraction of sp³-hybridized carbons (Fsp3) is 0.667. The summed E-state index contributed by atoms with van der Waals surface area (Å²) in [7, 11) is -1.89. The summed E-state index contributed by atoms with van der Waals surface area (Å²) in [5, 5.41) is 1.50. The first-order valence-corrected chi connectivity index (χ1v) is 17.2. The summed E-state index contributed by atoms with van der Waals surface area (Å²) < 4.78 is 28.4. The lowest BCUT2D eigenvalue weighted by Gasteiger charge is -2.40. The molecule has 2 atom stereocenters. The van der Waals surface area contributed by atoms with E-state index in [2.05, 4.69) is 59.7 Å². The molecule has 1 saturated carbocycles. The summed E-state index contributed by atoms with van der Waals surface area (Å²) in [5.74, 6) is 0.694. The summed E-state index contributed by atoms with van der Waals surface area (Å²) >= 11 is 11.2. The van der Waals surface area contributed by atoms with Crippen molar-refractivity contribution in [2.24, 2.45) is 0 Å². The quantitative estimate of drug-likeness (QED) is 0.119. The summed E-state index contributed by atoms with van der Waals surface area (Å²) in [6.45, 7) is 12.6. The zero-order chi connectivity index (χ0) is 24.8. The Morgan fingerprint density at radius 1 is 1.24 bits per heavy atom. The Bertz CT molecular complexity index is 1080. The van der Waals surface area contributed by atoms with E-state index in [4.69, 9.17) is 25.7 Å². The molecule has 188 valence electrons. The van der Waals surface area contributed by atoms with E-state index in [1.54, 1.807) is 0 Å². The Balaban J connectivity index is 1.77. The van der Waals surface area contributed by atoms with Crippen molar-refractivity contribution in [3.05, 3.63) is 15.3 Å². The zero-order valence-electron chi connectivity index (χ0n) is 20.8. The van der Waals surface area contributed by atoms with Crippen molar-refractivity contribution in [1.29, 1.82) is 0 Å². The number of anilines is 1. The van der Waals surface area contributed by atoms with Crippen molar-refractivity contribution in [1.82, 2.24) is 9.97 Å². The minimum Gasteiger partial charge on any atom is -0.489 e. The molecule has 10 heteroatoms. The lowest BCUT2D eigenvalue weighted by Crippen LogP contribution is -2.46. The molecule has 5 nitrogen and oxygen atoms in total. The highest BCUT2D eigenvalue weighted by Crippen LogP contribution is 2.47. The number of aromatic nitrogens is 2. The molecule has 1 aliphatic heterocycles. The van der Waals surface area contributed by atoms with Gasteiger partial charge in [0.05, 0.1) is 16.4 Å². The predicted molar refractivity (Wildman–Crippen MR) is 146 cm³/mol. The third-order valence-corrected chi connectivity index (χ3v) is 13.9. The van der Waals surface area contributed by atoms with Crippen LogP contribution in [0.1, 0.15) is 52.9 Å². The SMILES string of the molecule is CSc1nc2c3c(c(Cl)c(Br)c(F)c3n1)OCCN2C1CCCCC(O[Si](C)(C)C(C)(C)C)C1. The standard InChI is InChI=1S/C24H34BrClFN3O2SSi/c1-24(2,3)34(5,6)32-15-10-8-7-9-14(13-15)30-11-12-31-21-16-20(19(27)17(25)18(21)26)28-23(33-4)29-22(16)30/h14-15H,7-13H2,1-6H3. The van der Waals surface area contributed by atoms with Crippen LogP contribution in [-0.2, 0) is 4.43 Å². The van der Waals surface area contributed by atoms with Crippen LogP contribution in [-0.4, -0.2) is 49.8 Å². The average molecular weight is 591 g/mol. The van der Waals surface area contributed by atoms with Gasteiger partial charge in [0.25, 0.3) is 0 Å². The van der Waals surface area contributed by atoms with Crippen LogP contribution in [0.3, 0.4) is 0 Å². The van der Waals surface area contributed by atoms with Crippen LogP contribution in [0.15, 0.2) is 9.63 Å². The predicted octanol–water partition coefficient (Wildman–Crippen LogP) is 7.83. The largest absolute Gasteiger partial charge is 0.489 e. The van der Waals surface area contributed by atoms with E-state index in [1.165, 1.54) is 11.8 Å². The monoisotopic (exact) mass is 589 g/mol. The molecule has 0 spiro atoms.